The fourth-order valence-corrected chi connectivity index (χ4v) is 3.34. The molecule has 0 bridgehead atoms. The first-order valence-corrected chi connectivity index (χ1v) is 9.15. The standard InChI is InChI=1S/C18H25N3OS/c1-4-6-12-15-20-21-18(23-15)19-17(22)16(13(3)5-2)14-10-8-7-9-11-14/h7-11,13,16H,4-6,12H2,1-3H3,(H,19,21,22). The van der Waals surface area contributed by atoms with Crippen molar-refractivity contribution in [3.05, 3.63) is 40.9 Å². The SMILES string of the molecule is CCCCc1nnc(NC(=O)C(c2ccccc2)C(C)CC)s1. The van der Waals surface area contributed by atoms with E-state index in [2.05, 4.69) is 36.3 Å². The minimum Gasteiger partial charge on any atom is -0.300 e. The third-order valence-electron chi connectivity index (χ3n) is 4.10. The number of aryl methyl sites for hydroxylation is 1. The Balaban J connectivity index is 2.10. The normalized spacial score (nSPS) is 13.5. The van der Waals surface area contributed by atoms with Gasteiger partial charge in [0, 0.05) is 6.42 Å². The number of rotatable bonds is 8. The van der Waals surface area contributed by atoms with Crippen LogP contribution in [-0.4, -0.2) is 16.1 Å². The lowest BCUT2D eigenvalue weighted by molar-refractivity contribution is -0.118. The molecule has 1 N–H and O–H groups in total. The molecule has 1 amide bonds. The van der Waals surface area contributed by atoms with Gasteiger partial charge in [-0.15, -0.1) is 10.2 Å². The maximum atomic E-state index is 12.8. The summed E-state index contributed by atoms with van der Waals surface area (Å²) in [6.45, 7) is 6.38. The molecule has 2 unspecified atom stereocenters. The van der Waals surface area contributed by atoms with Crippen LogP contribution >= 0.6 is 11.3 Å². The summed E-state index contributed by atoms with van der Waals surface area (Å²) in [4.78, 5) is 12.8. The molecule has 4 nitrogen and oxygen atoms in total. The second-order valence-corrected chi connectivity index (χ2v) is 6.93. The second kappa shape index (κ2) is 8.77. The summed E-state index contributed by atoms with van der Waals surface area (Å²) < 4.78 is 0. The molecule has 0 aliphatic rings. The van der Waals surface area contributed by atoms with Gasteiger partial charge in [-0.2, -0.15) is 0 Å². The molecule has 0 fully saturated rings. The number of carbonyl (C=O) groups excluding carboxylic acids is 1. The number of nitrogens with one attached hydrogen (secondary N) is 1. The van der Waals surface area contributed by atoms with Crippen molar-refractivity contribution in [3.63, 3.8) is 0 Å². The van der Waals surface area contributed by atoms with Crippen molar-refractivity contribution >= 4 is 22.4 Å². The van der Waals surface area contributed by atoms with E-state index >= 15 is 0 Å². The van der Waals surface area contributed by atoms with Gasteiger partial charge >= 0.3 is 0 Å². The molecule has 0 saturated carbocycles. The van der Waals surface area contributed by atoms with Crippen LogP contribution in [0, 0.1) is 5.92 Å². The number of hydrogen-bond acceptors (Lipinski definition) is 4. The lowest BCUT2D eigenvalue weighted by Crippen LogP contribution is -2.26. The van der Waals surface area contributed by atoms with Gasteiger partial charge in [0.1, 0.15) is 5.01 Å². The summed E-state index contributed by atoms with van der Waals surface area (Å²) in [5.41, 5.74) is 1.05. The van der Waals surface area contributed by atoms with Crippen molar-refractivity contribution < 1.29 is 4.79 Å². The molecule has 5 heteroatoms. The number of aromatic nitrogens is 2. The van der Waals surface area contributed by atoms with Gasteiger partial charge in [-0.1, -0.05) is 75.3 Å². The van der Waals surface area contributed by atoms with Crippen LogP contribution in [0.25, 0.3) is 0 Å². The van der Waals surface area contributed by atoms with Crippen LogP contribution in [0.5, 0.6) is 0 Å². The molecular formula is C18H25N3OS. The number of unbranched alkanes of at least 4 members (excludes halogenated alkanes) is 1. The van der Waals surface area contributed by atoms with Crippen molar-refractivity contribution in [2.45, 2.75) is 52.4 Å². The molecule has 0 aliphatic heterocycles. The molecule has 1 heterocycles. The monoisotopic (exact) mass is 331 g/mol. The summed E-state index contributed by atoms with van der Waals surface area (Å²) in [7, 11) is 0. The van der Waals surface area contributed by atoms with Gasteiger partial charge in [-0.25, -0.2) is 0 Å². The predicted molar refractivity (Wildman–Crippen MR) is 95.8 cm³/mol. The Kier molecular flexibility index (Phi) is 6.71. The van der Waals surface area contributed by atoms with E-state index in [9.17, 15) is 4.79 Å². The smallest absolute Gasteiger partial charge is 0.234 e. The van der Waals surface area contributed by atoms with Gasteiger partial charge in [0.2, 0.25) is 11.0 Å². The van der Waals surface area contributed by atoms with E-state index in [-0.39, 0.29) is 17.7 Å². The van der Waals surface area contributed by atoms with Gasteiger partial charge in [-0.05, 0) is 17.9 Å². The first-order chi connectivity index (χ1) is 11.2. The van der Waals surface area contributed by atoms with E-state index in [4.69, 9.17) is 0 Å². The summed E-state index contributed by atoms with van der Waals surface area (Å²) in [5, 5.41) is 12.8. The molecule has 23 heavy (non-hydrogen) atoms. The Morgan fingerprint density at radius 2 is 1.96 bits per heavy atom. The molecular weight excluding hydrogens is 306 g/mol. The topological polar surface area (TPSA) is 54.9 Å². The number of carbonyl (C=O) groups is 1. The van der Waals surface area contributed by atoms with Gasteiger partial charge in [-0.3, -0.25) is 10.1 Å². The molecule has 1 aromatic carbocycles. The lowest BCUT2D eigenvalue weighted by Gasteiger charge is -2.22. The first-order valence-electron chi connectivity index (χ1n) is 8.33. The van der Waals surface area contributed by atoms with Crippen molar-refractivity contribution in [1.29, 1.82) is 0 Å². The third kappa shape index (κ3) is 4.86. The van der Waals surface area contributed by atoms with Crippen LogP contribution in [0.3, 0.4) is 0 Å². The number of anilines is 1. The highest BCUT2D eigenvalue weighted by atomic mass is 32.1. The highest BCUT2D eigenvalue weighted by molar-refractivity contribution is 7.15. The van der Waals surface area contributed by atoms with E-state index in [0.717, 1.165) is 36.3 Å². The van der Waals surface area contributed by atoms with Gasteiger partial charge in [0.25, 0.3) is 0 Å². The zero-order chi connectivity index (χ0) is 16.7. The van der Waals surface area contributed by atoms with Crippen molar-refractivity contribution in [2.75, 3.05) is 5.32 Å². The Bertz CT molecular complexity index is 612. The number of hydrogen-bond donors (Lipinski definition) is 1. The van der Waals surface area contributed by atoms with E-state index < -0.39 is 0 Å². The third-order valence-corrected chi connectivity index (χ3v) is 4.99. The van der Waals surface area contributed by atoms with Gasteiger partial charge in [0.05, 0.1) is 5.92 Å². The van der Waals surface area contributed by atoms with Crippen LogP contribution in [0.4, 0.5) is 5.13 Å². The summed E-state index contributed by atoms with van der Waals surface area (Å²) in [6.07, 6.45) is 4.11. The number of nitrogens with zero attached hydrogens (tertiary/aromatic N) is 2. The predicted octanol–water partition coefficient (Wildman–Crippen LogP) is 4.65. The van der Waals surface area contributed by atoms with Gasteiger partial charge in [0.15, 0.2) is 0 Å². The summed E-state index contributed by atoms with van der Waals surface area (Å²) in [6, 6.07) is 9.96. The number of benzene rings is 1. The zero-order valence-corrected chi connectivity index (χ0v) is 14.9. The fraction of sp³-hybridized carbons (Fsp3) is 0.500. The number of amides is 1. The van der Waals surface area contributed by atoms with E-state index in [1.165, 1.54) is 11.3 Å². The molecule has 124 valence electrons. The van der Waals surface area contributed by atoms with Crippen LogP contribution in [0.2, 0.25) is 0 Å². The molecule has 2 rings (SSSR count). The van der Waals surface area contributed by atoms with Crippen LogP contribution in [0.15, 0.2) is 30.3 Å². The molecule has 0 aliphatic carbocycles. The van der Waals surface area contributed by atoms with Crippen molar-refractivity contribution in [3.8, 4) is 0 Å². The fourth-order valence-electron chi connectivity index (χ4n) is 2.55. The van der Waals surface area contributed by atoms with Gasteiger partial charge < -0.3 is 0 Å². The van der Waals surface area contributed by atoms with Crippen molar-refractivity contribution in [1.82, 2.24) is 10.2 Å². The highest BCUT2D eigenvalue weighted by Crippen LogP contribution is 2.29. The average Bonchev–Trinajstić information content (AvgIpc) is 3.01. The lowest BCUT2D eigenvalue weighted by atomic mass is 9.85. The van der Waals surface area contributed by atoms with Crippen LogP contribution < -0.4 is 5.32 Å². The minimum absolute atomic E-state index is 0.00346. The quantitative estimate of drug-likeness (QED) is 0.766. The maximum absolute atomic E-state index is 12.8. The first kappa shape index (κ1) is 17.6. The van der Waals surface area contributed by atoms with E-state index in [1.807, 2.05) is 30.3 Å². The molecule has 0 spiro atoms. The molecule has 1 aromatic heterocycles. The largest absolute Gasteiger partial charge is 0.300 e. The zero-order valence-electron chi connectivity index (χ0n) is 14.1. The highest BCUT2D eigenvalue weighted by Gasteiger charge is 2.26. The second-order valence-electron chi connectivity index (χ2n) is 5.87. The molecule has 0 radical (unpaired) electrons. The minimum atomic E-state index is -0.163. The van der Waals surface area contributed by atoms with Crippen LogP contribution in [0.1, 0.15) is 56.5 Å². The maximum Gasteiger partial charge on any atom is 0.234 e. The van der Waals surface area contributed by atoms with E-state index in [0.29, 0.717) is 5.13 Å². The molecule has 0 saturated heterocycles. The Morgan fingerprint density at radius 3 is 2.61 bits per heavy atom. The average molecular weight is 331 g/mol. The Morgan fingerprint density at radius 1 is 1.22 bits per heavy atom. The molecule has 2 aromatic rings. The molecule has 2 atom stereocenters. The van der Waals surface area contributed by atoms with Crippen molar-refractivity contribution in [2.24, 2.45) is 5.92 Å². The Hall–Kier alpha value is -1.75. The summed E-state index contributed by atoms with van der Waals surface area (Å²) >= 11 is 1.48. The Labute approximate surface area is 142 Å². The van der Waals surface area contributed by atoms with E-state index in [1.54, 1.807) is 0 Å². The summed E-state index contributed by atoms with van der Waals surface area (Å²) in [5.74, 6) is 0.109. The van der Waals surface area contributed by atoms with Crippen LogP contribution in [-0.2, 0) is 11.2 Å².